The Morgan fingerprint density at radius 2 is 1.76 bits per heavy atom. The van der Waals surface area contributed by atoms with Gasteiger partial charge in [0.05, 0.1) is 13.7 Å². The molecule has 0 radical (unpaired) electrons. The highest BCUT2D eigenvalue weighted by Gasteiger charge is 2.37. The Balaban J connectivity index is 1.52. The van der Waals surface area contributed by atoms with Crippen LogP contribution < -0.4 is 15.4 Å². The van der Waals surface area contributed by atoms with Crippen LogP contribution in [0, 0.1) is 13.8 Å². The fourth-order valence-electron chi connectivity index (χ4n) is 3.20. The number of alkyl halides is 3. The van der Waals surface area contributed by atoms with Gasteiger partial charge in [0.15, 0.2) is 0 Å². The van der Waals surface area contributed by atoms with Crippen molar-refractivity contribution >= 4 is 17.6 Å². The second-order valence-electron chi connectivity index (χ2n) is 7.31. The maximum atomic E-state index is 12.9. The summed E-state index contributed by atoms with van der Waals surface area (Å²) in [7, 11) is 1.56. The van der Waals surface area contributed by atoms with Gasteiger partial charge in [0.1, 0.15) is 5.75 Å². The second-order valence-corrected chi connectivity index (χ2v) is 7.31. The first-order valence-electron chi connectivity index (χ1n) is 10.0. The second kappa shape index (κ2) is 9.84. The van der Waals surface area contributed by atoms with Crippen LogP contribution in [0.2, 0.25) is 0 Å². The first-order valence-corrected chi connectivity index (χ1v) is 10.0. The van der Waals surface area contributed by atoms with Crippen LogP contribution in [-0.2, 0) is 28.7 Å². The smallest absolute Gasteiger partial charge is 0.453 e. The van der Waals surface area contributed by atoms with Crippen LogP contribution in [0.1, 0.15) is 34.8 Å². The average Bonchev–Trinajstić information content (AvgIpc) is 3.21. The van der Waals surface area contributed by atoms with E-state index in [-0.39, 0.29) is 37.0 Å². The van der Waals surface area contributed by atoms with Gasteiger partial charge in [-0.05, 0) is 43.5 Å². The molecule has 0 aliphatic carbocycles. The zero-order valence-corrected chi connectivity index (χ0v) is 18.3. The number of rotatable bonds is 8. The van der Waals surface area contributed by atoms with Crippen molar-refractivity contribution in [1.82, 2.24) is 30.2 Å². The highest BCUT2D eigenvalue weighted by molar-refractivity contribution is 5.84. The van der Waals surface area contributed by atoms with Crippen LogP contribution >= 0.6 is 0 Å². The van der Waals surface area contributed by atoms with Crippen molar-refractivity contribution in [3.8, 4) is 5.75 Å². The number of hydrogen-bond acceptors (Lipinski definition) is 6. The standard InChI is InChI=1S/C21H23F3N6O3/c1-12-16(13(2)30-20(27-12)28-19(29-30)21(22,23)24)8-9-17(31)26-11-18(32)25-10-14-4-6-15(33-3)7-5-14/h4-7H,8-11H2,1-3H3,(H,25,32)(H,26,31). The van der Waals surface area contributed by atoms with Crippen molar-refractivity contribution < 1.29 is 27.5 Å². The molecular weight excluding hydrogens is 441 g/mol. The Labute approximate surface area is 187 Å². The SMILES string of the molecule is COc1ccc(CNC(=O)CNC(=O)CCc2c(C)nc3nc(C(F)(F)F)nn3c2C)cc1. The van der Waals surface area contributed by atoms with Gasteiger partial charge in [-0.1, -0.05) is 12.1 Å². The van der Waals surface area contributed by atoms with E-state index < -0.39 is 12.0 Å². The van der Waals surface area contributed by atoms with Crippen LogP contribution in [0.15, 0.2) is 24.3 Å². The Morgan fingerprint density at radius 3 is 2.39 bits per heavy atom. The number of halogens is 3. The topological polar surface area (TPSA) is 111 Å². The van der Waals surface area contributed by atoms with Crippen molar-refractivity contribution in [1.29, 1.82) is 0 Å². The number of ether oxygens (including phenoxy) is 1. The number of benzene rings is 1. The van der Waals surface area contributed by atoms with Gasteiger partial charge in [0.2, 0.25) is 11.8 Å². The van der Waals surface area contributed by atoms with E-state index in [2.05, 4.69) is 25.7 Å². The highest BCUT2D eigenvalue weighted by atomic mass is 19.4. The molecule has 0 fully saturated rings. The molecule has 0 saturated carbocycles. The largest absolute Gasteiger partial charge is 0.497 e. The Kier molecular flexibility index (Phi) is 7.14. The van der Waals surface area contributed by atoms with E-state index >= 15 is 0 Å². The zero-order chi connectivity index (χ0) is 24.2. The van der Waals surface area contributed by atoms with Crippen molar-refractivity contribution in [2.45, 2.75) is 39.4 Å². The summed E-state index contributed by atoms with van der Waals surface area (Å²) < 4.78 is 44.8. The van der Waals surface area contributed by atoms with Gasteiger partial charge in [0.25, 0.3) is 11.6 Å². The number of fused-ring (bicyclic) bond motifs is 1. The summed E-state index contributed by atoms with van der Waals surface area (Å²) in [5.41, 5.74) is 2.36. The van der Waals surface area contributed by atoms with Crippen LogP contribution in [0.25, 0.3) is 5.78 Å². The molecule has 1 aromatic carbocycles. The Hall–Kier alpha value is -3.70. The highest BCUT2D eigenvalue weighted by Crippen LogP contribution is 2.27. The van der Waals surface area contributed by atoms with Crippen molar-refractivity contribution in [3.63, 3.8) is 0 Å². The molecule has 2 aromatic heterocycles. The number of hydrogen-bond donors (Lipinski definition) is 2. The van der Waals surface area contributed by atoms with Gasteiger partial charge in [-0.15, -0.1) is 5.10 Å². The normalized spacial score (nSPS) is 11.5. The fraction of sp³-hybridized carbons (Fsp3) is 0.381. The molecule has 0 aliphatic rings. The van der Waals surface area contributed by atoms with E-state index in [1.54, 1.807) is 33.1 Å². The number of aromatic nitrogens is 4. The minimum Gasteiger partial charge on any atom is -0.497 e. The summed E-state index contributed by atoms with van der Waals surface area (Å²) in [4.78, 5) is 31.7. The van der Waals surface area contributed by atoms with Crippen molar-refractivity contribution in [3.05, 3.63) is 52.6 Å². The maximum Gasteiger partial charge on any atom is 0.453 e. The molecule has 0 saturated heterocycles. The summed E-state index contributed by atoms with van der Waals surface area (Å²) in [6.45, 7) is 3.34. The molecule has 176 valence electrons. The number of amides is 2. The van der Waals surface area contributed by atoms with E-state index in [1.807, 2.05) is 12.1 Å². The summed E-state index contributed by atoms with van der Waals surface area (Å²) in [6.07, 6.45) is -4.43. The van der Waals surface area contributed by atoms with Gasteiger partial charge in [-0.2, -0.15) is 18.2 Å². The molecule has 3 aromatic rings. The molecule has 2 heterocycles. The lowest BCUT2D eigenvalue weighted by atomic mass is 10.1. The van der Waals surface area contributed by atoms with E-state index in [4.69, 9.17) is 4.74 Å². The molecule has 0 spiro atoms. The van der Waals surface area contributed by atoms with Crippen LogP contribution in [0.4, 0.5) is 13.2 Å². The molecule has 3 rings (SSSR count). The quantitative estimate of drug-likeness (QED) is 0.529. The van der Waals surface area contributed by atoms with Gasteiger partial charge in [-0.3, -0.25) is 9.59 Å². The molecule has 0 bridgehead atoms. The number of methoxy groups -OCH3 is 1. The minimum absolute atomic E-state index is 0.0292. The summed E-state index contributed by atoms with van der Waals surface area (Å²) in [6, 6.07) is 7.20. The van der Waals surface area contributed by atoms with E-state index in [1.165, 1.54) is 0 Å². The van der Waals surface area contributed by atoms with E-state index in [9.17, 15) is 22.8 Å². The number of nitrogens with zero attached hydrogens (tertiary/aromatic N) is 4. The summed E-state index contributed by atoms with van der Waals surface area (Å²) >= 11 is 0. The lowest BCUT2D eigenvalue weighted by Gasteiger charge is -2.11. The monoisotopic (exact) mass is 464 g/mol. The Bertz CT molecular complexity index is 1160. The van der Waals surface area contributed by atoms with Crippen LogP contribution in [0.5, 0.6) is 5.75 Å². The van der Waals surface area contributed by atoms with Gasteiger partial charge < -0.3 is 15.4 Å². The number of nitrogens with one attached hydrogen (secondary N) is 2. The summed E-state index contributed by atoms with van der Waals surface area (Å²) in [5.74, 6) is -1.44. The summed E-state index contributed by atoms with van der Waals surface area (Å²) in [5, 5.41) is 8.72. The first kappa shape index (κ1) is 24.0. The van der Waals surface area contributed by atoms with Crippen LogP contribution in [0.3, 0.4) is 0 Å². The first-order chi connectivity index (χ1) is 15.6. The van der Waals surface area contributed by atoms with Crippen LogP contribution in [-0.4, -0.2) is 45.1 Å². The lowest BCUT2D eigenvalue weighted by Crippen LogP contribution is -2.36. The van der Waals surface area contributed by atoms with Gasteiger partial charge in [-0.25, -0.2) is 9.50 Å². The molecule has 0 unspecified atom stereocenters. The lowest BCUT2D eigenvalue weighted by molar-refractivity contribution is -0.144. The molecule has 12 heteroatoms. The van der Waals surface area contributed by atoms with E-state index in [0.29, 0.717) is 29.2 Å². The average molecular weight is 464 g/mol. The third kappa shape index (κ3) is 5.96. The third-order valence-electron chi connectivity index (χ3n) is 5.00. The maximum absolute atomic E-state index is 12.9. The minimum atomic E-state index is -4.68. The van der Waals surface area contributed by atoms with Gasteiger partial charge >= 0.3 is 6.18 Å². The zero-order valence-electron chi connectivity index (χ0n) is 18.3. The number of carbonyl (C=O) groups is 2. The van der Waals surface area contributed by atoms with Crippen molar-refractivity contribution in [2.75, 3.05) is 13.7 Å². The molecule has 9 nitrogen and oxygen atoms in total. The molecular formula is C21H23F3N6O3. The molecule has 33 heavy (non-hydrogen) atoms. The predicted molar refractivity (Wildman–Crippen MR) is 111 cm³/mol. The van der Waals surface area contributed by atoms with Crippen molar-refractivity contribution in [2.24, 2.45) is 0 Å². The number of aryl methyl sites for hydroxylation is 2. The number of carbonyl (C=O) groups excluding carboxylic acids is 2. The molecule has 0 aliphatic heterocycles. The molecule has 2 amide bonds. The third-order valence-corrected chi connectivity index (χ3v) is 5.00. The fourth-order valence-corrected chi connectivity index (χ4v) is 3.20. The van der Waals surface area contributed by atoms with Gasteiger partial charge in [0, 0.05) is 24.4 Å². The van der Waals surface area contributed by atoms with E-state index in [0.717, 1.165) is 10.1 Å². The molecule has 0 atom stereocenters. The predicted octanol–water partition coefficient (Wildman–Crippen LogP) is 2.13. The Morgan fingerprint density at radius 1 is 1.06 bits per heavy atom. The molecule has 2 N–H and O–H groups in total.